The van der Waals surface area contributed by atoms with Crippen LogP contribution in [0.4, 0.5) is 0 Å². The molecule has 2 aliphatic heterocycles. The van der Waals surface area contributed by atoms with Gasteiger partial charge in [-0.3, -0.25) is 24.1 Å². The van der Waals surface area contributed by atoms with Crippen LogP contribution in [0.1, 0.15) is 63.5 Å². The number of esters is 1. The molecule has 232 valence electrons. The quantitative estimate of drug-likeness (QED) is 0.261. The minimum atomic E-state index is -1.34. The molecular weight excluding hydrogens is 550 g/mol. The van der Waals surface area contributed by atoms with Gasteiger partial charge in [0.25, 0.3) is 0 Å². The highest BCUT2D eigenvalue weighted by atomic mass is 16.7. The van der Waals surface area contributed by atoms with Gasteiger partial charge < -0.3 is 34.6 Å². The number of fused-ring (bicyclic) bond motifs is 2. The predicted octanol–water partition coefficient (Wildman–Crippen LogP) is 2.92. The standard InChI is InChI=1S/C30H41NO11/c1-3-8-31-9-4-5-18-10-19-17(11-23(18)31)6-7-24(29(19)39)41-30-22(14-28(37)38)20(12-26(33)34)21(13-27(35)36)25(42-30)15-40-16(2)32/h6-7,18,20-23,25,30,39H,3-5,8-15H2,1-2H3,(H,33,34)(H,35,36)(H,37,38)/t18-,20+,21-,22-,23-,25+,30-/m1/s1. The largest absolute Gasteiger partial charge is 0.504 e. The zero-order chi connectivity index (χ0) is 30.6. The Bertz CT molecular complexity index is 1170. The molecule has 3 aliphatic rings. The summed E-state index contributed by atoms with van der Waals surface area (Å²) in [5, 5.41) is 40.3. The SMILES string of the molecule is CCCN1CCC[C@@H]2Cc3c(ccc(O[C@@H]4O[C@@H](COC(C)=O)[C@H](CC(=O)O)[C@H](CC(=O)O)[C@H]4CC(=O)O)c3O)C[C@H]21. The lowest BCUT2D eigenvalue weighted by atomic mass is 9.71. The molecule has 0 aromatic heterocycles. The van der Waals surface area contributed by atoms with Crippen molar-refractivity contribution in [2.45, 2.75) is 83.6 Å². The molecule has 0 amide bonds. The normalized spacial score (nSPS) is 29.1. The maximum Gasteiger partial charge on any atom is 0.303 e. The summed E-state index contributed by atoms with van der Waals surface area (Å²) in [5.74, 6) is -6.96. The molecule has 4 N–H and O–H groups in total. The number of hydrogen-bond acceptors (Lipinski definition) is 9. The van der Waals surface area contributed by atoms with Gasteiger partial charge in [0, 0.05) is 36.8 Å². The van der Waals surface area contributed by atoms with Crippen LogP contribution in [-0.2, 0) is 41.5 Å². The van der Waals surface area contributed by atoms with Gasteiger partial charge in [0.1, 0.15) is 6.61 Å². The number of benzene rings is 1. The van der Waals surface area contributed by atoms with Crippen LogP contribution in [0.3, 0.4) is 0 Å². The zero-order valence-electron chi connectivity index (χ0n) is 24.1. The summed E-state index contributed by atoms with van der Waals surface area (Å²) in [6, 6.07) is 3.91. The Morgan fingerprint density at radius 2 is 1.64 bits per heavy atom. The summed E-state index contributed by atoms with van der Waals surface area (Å²) in [4.78, 5) is 49.6. The maximum atomic E-state index is 11.9. The van der Waals surface area contributed by atoms with E-state index in [2.05, 4.69) is 11.8 Å². The average Bonchev–Trinajstić information content (AvgIpc) is 2.91. The molecule has 1 aliphatic carbocycles. The molecule has 2 heterocycles. The minimum absolute atomic E-state index is 0.0600. The van der Waals surface area contributed by atoms with Crippen LogP contribution in [0.5, 0.6) is 11.5 Å². The Balaban J connectivity index is 1.66. The fraction of sp³-hybridized carbons (Fsp3) is 0.667. The first-order valence-corrected chi connectivity index (χ1v) is 14.7. The first-order valence-electron chi connectivity index (χ1n) is 14.7. The average molecular weight is 592 g/mol. The second kappa shape index (κ2) is 13.7. The summed E-state index contributed by atoms with van der Waals surface area (Å²) in [6.45, 7) is 5.08. The van der Waals surface area contributed by atoms with Crippen LogP contribution in [0.15, 0.2) is 12.1 Å². The number of aliphatic carboxylic acids is 3. The number of carbonyl (C=O) groups excluding carboxylic acids is 1. The van der Waals surface area contributed by atoms with Gasteiger partial charge in [0.2, 0.25) is 6.29 Å². The third-order valence-corrected chi connectivity index (χ3v) is 8.94. The van der Waals surface area contributed by atoms with Crippen LogP contribution < -0.4 is 4.74 Å². The zero-order valence-corrected chi connectivity index (χ0v) is 24.1. The summed E-state index contributed by atoms with van der Waals surface area (Å²) in [7, 11) is 0. The molecule has 1 aromatic carbocycles. The van der Waals surface area contributed by atoms with E-state index in [9.17, 15) is 39.6 Å². The van der Waals surface area contributed by atoms with Gasteiger partial charge in [0.05, 0.1) is 18.9 Å². The molecule has 0 unspecified atom stereocenters. The number of carboxylic acid groups (broad SMARTS) is 3. The van der Waals surface area contributed by atoms with Crippen molar-refractivity contribution in [1.29, 1.82) is 0 Å². The van der Waals surface area contributed by atoms with Gasteiger partial charge in [-0.1, -0.05) is 13.0 Å². The van der Waals surface area contributed by atoms with E-state index in [4.69, 9.17) is 14.2 Å². The number of nitrogens with zero attached hydrogens (tertiary/aromatic N) is 1. The third kappa shape index (κ3) is 7.33. The maximum absolute atomic E-state index is 11.9. The Labute approximate surface area is 244 Å². The highest BCUT2D eigenvalue weighted by Crippen LogP contribution is 2.46. The van der Waals surface area contributed by atoms with Crippen molar-refractivity contribution in [3.63, 3.8) is 0 Å². The lowest BCUT2D eigenvalue weighted by Gasteiger charge is -2.46. The van der Waals surface area contributed by atoms with Crippen molar-refractivity contribution in [3.8, 4) is 11.5 Å². The molecule has 1 aromatic rings. The third-order valence-electron chi connectivity index (χ3n) is 8.94. The van der Waals surface area contributed by atoms with E-state index in [1.807, 2.05) is 6.07 Å². The number of phenols is 1. The Morgan fingerprint density at radius 3 is 2.29 bits per heavy atom. The van der Waals surface area contributed by atoms with E-state index in [0.29, 0.717) is 18.4 Å². The van der Waals surface area contributed by atoms with Gasteiger partial charge >= 0.3 is 23.9 Å². The lowest BCUT2D eigenvalue weighted by Crippen LogP contribution is -2.53. The van der Waals surface area contributed by atoms with Crippen LogP contribution in [0.25, 0.3) is 0 Å². The van der Waals surface area contributed by atoms with Crippen molar-refractivity contribution in [3.05, 3.63) is 23.3 Å². The number of carboxylic acids is 3. The molecular formula is C30H41NO11. The van der Waals surface area contributed by atoms with Gasteiger partial charge in [-0.15, -0.1) is 0 Å². The van der Waals surface area contributed by atoms with Crippen molar-refractivity contribution in [2.24, 2.45) is 23.7 Å². The number of piperidine rings is 1. The highest BCUT2D eigenvalue weighted by Gasteiger charge is 2.49. The van der Waals surface area contributed by atoms with E-state index in [-0.39, 0.29) is 18.1 Å². The van der Waals surface area contributed by atoms with Crippen LogP contribution in [0.2, 0.25) is 0 Å². The molecule has 12 nitrogen and oxygen atoms in total. The van der Waals surface area contributed by atoms with Crippen molar-refractivity contribution >= 4 is 23.9 Å². The molecule has 7 atom stereocenters. The minimum Gasteiger partial charge on any atom is -0.504 e. The first-order chi connectivity index (χ1) is 20.0. The summed E-state index contributed by atoms with van der Waals surface area (Å²) in [6.07, 6.45) is 0.666. The van der Waals surface area contributed by atoms with Crippen molar-refractivity contribution in [2.75, 3.05) is 19.7 Å². The number of hydrogen-bond donors (Lipinski definition) is 4. The molecule has 0 spiro atoms. The predicted molar refractivity (Wildman–Crippen MR) is 147 cm³/mol. The van der Waals surface area contributed by atoms with E-state index >= 15 is 0 Å². The van der Waals surface area contributed by atoms with Gasteiger partial charge in [-0.25, -0.2) is 0 Å². The number of phenolic OH excluding ortho intramolecular Hbond substituents is 1. The Morgan fingerprint density at radius 1 is 0.976 bits per heavy atom. The highest BCUT2D eigenvalue weighted by molar-refractivity contribution is 5.70. The fourth-order valence-corrected chi connectivity index (χ4v) is 7.18. The lowest BCUT2D eigenvalue weighted by molar-refractivity contribution is -0.237. The van der Waals surface area contributed by atoms with Gasteiger partial charge in [-0.05, 0) is 68.7 Å². The van der Waals surface area contributed by atoms with E-state index in [1.165, 1.54) is 6.92 Å². The molecule has 0 bridgehead atoms. The van der Waals surface area contributed by atoms with Crippen LogP contribution in [0, 0.1) is 23.7 Å². The number of aromatic hydroxyl groups is 1. The second-order valence-corrected chi connectivity index (χ2v) is 11.7. The monoisotopic (exact) mass is 591 g/mol. The Kier molecular flexibility index (Phi) is 10.3. The van der Waals surface area contributed by atoms with E-state index < -0.39 is 73.3 Å². The second-order valence-electron chi connectivity index (χ2n) is 11.7. The number of rotatable bonds is 12. The molecule has 2 saturated heterocycles. The number of carbonyl (C=O) groups is 4. The van der Waals surface area contributed by atoms with E-state index in [1.54, 1.807) is 6.07 Å². The smallest absolute Gasteiger partial charge is 0.303 e. The van der Waals surface area contributed by atoms with Crippen LogP contribution in [-0.4, -0.2) is 87.3 Å². The van der Waals surface area contributed by atoms with E-state index in [0.717, 1.165) is 49.9 Å². The molecule has 0 saturated carbocycles. The molecule has 42 heavy (non-hydrogen) atoms. The molecule has 0 radical (unpaired) electrons. The summed E-state index contributed by atoms with van der Waals surface area (Å²) >= 11 is 0. The van der Waals surface area contributed by atoms with Gasteiger partial charge in [-0.2, -0.15) is 0 Å². The molecule has 2 fully saturated rings. The first kappa shape index (κ1) is 31.6. The Hall–Kier alpha value is -3.38. The van der Waals surface area contributed by atoms with Crippen LogP contribution >= 0.6 is 0 Å². The fourth-order valence-electron chi connectivity index (χ4n) is 7.18. The van der Waals surface area contributed by atoms with Gasteiger partial charge in [0.15, 0.2) is 11.5 Å². The van der Waals surface area contributed by atoms with Crippen molar-refractivity contribution in [1.82, 2.24) is 4.90 Å². The summed E-state index contributed by atoms with van der Waals surface area (Å²) in [5.41, 5.74) is 1.80. The number of ether oxygens (including phenoxy) is 3. The number of likely N-dealkylation sites (tertiary alicyclic amines) is 1. The molecule has 12 heteroatoms. The topological polar surface area (TPSA) is 180 Å². The summed E-state index contributed by atoms with van der Waals surface area (Å²) < 4.78 is 17.3. The molecule has 4 rings (SSSR count). The van der Waals surface area contributed by atoms with Crippen molar-refractivity contribution < 1.29 is 53.8 Å².